The van der Waals surface area contributed by atoms with Crippen molar-refractivity contribution >= 4 is 17.9 Å². The number of unbranched alkanes of at least 4 members (excludes halogenated alkanes) is 15. The van der Waals surface area contributed by atoms with Gasteiger partial charge >= 0.3 is 17.9 Å². The molecular formula is C33H62NO6+. The fraction of sp³-hybridized carbons (Fsp3) is 0.848. The molecule has 0 bridgehead atoms. The Morgan fingerprint density at radius 3 is 1.10 bits per heavy atom. The van der Waals surface area contributed by atoms with Crippen LogP contribution in [0.3, 0.4) is 0 Å². The van der Waals surface area contributed by atoms with Gasteiger partial charge in [0.05, 0.1) is 45.4 Å². The molecule has 234 valence electrons. The Bertz CT molecular complexity index is 613. The van der Waals surface area contributed by atoms with Crippen molar-refractivity contribution in [2.24, 2.45) is 0 Å². The predicted molar refractivity (Wildman–Crippen MR) is 164 cm³/mol. The first-order chi connectivity index (χ1) is 19.3. The first kappa shape index (κ1) is 38.1. The summed E-state index contributed by atoms with van der Waals surface area (Å²) in [7, 11) is 0. The third-order valence-corrected chi connectivity index (χ3v) is 7.96. The second-order valence-electron chi connectivity index (χ2n) is 11.7. The van der Waals surface area contributed by atoms with Gasteiger partial charge in [-0.1, -0.05) is 89.7 Å². The van der Waals surface area contributed by atoms with Crippen molar-refractivity contribution in [3.8, 4) is 0 Å². The number of rotatable bonds is 31. The second-order valence-corrected chi connectivity index (χ2v) is 11.7. The van der Waals surface area contributed by atoms with E-state index >= 15 is 0 Å². The summed E-state index contributed by atoms with van der Waals surface area (Å²) in [6.45, 7) is 5.11. The van der Waals surface area contributed by atoms with Gasteiger partial charge in [-0.25, -0.2) is 0 Å². The number of allylic oxidation sites excluding steroid dienone is 2. The van der Waals surface area contributed by atoms with Crippen LogP contribution in [0.5, 0.6) is 0 Å². The smallest absolute Gasteiger partial charge is 0.303 e. The first-order valence-electron chi connectivity index (χ1n) is 16.5. The lowest BCUT2D eigenvalue weighted by atomic mass is 10.1. The molecule has 40 heavy (non-hydrogen) atoms. The molecule has 0 aliphatic carbocycles. The van der Waals surface area contributed by atoms with Crippen LogP contribution in [0.2, 0.25) is 0 Å². The van der Waals surface area contributed by atoms with Crippen molar-refractivity contribution in [3.05, 3.63) is 12.2 Å². The highest BCUT2D eigenvalue weighted by Gasteiger charge is 2.27. The molecule has 0 aromatic heterocycles. The van der Waals surface area contributed by atoms with Crippen molar-refractivity contribution in [2.45, 2.75) is 155 Å². The summed E-state index contributed by atoms with van der Waals surface area (Å²) < 4.78 is 0.634. The lowest BCUT2D eigenvalue weighted by molar-refractivity contribution is -0.929. The van der Waals surface area contributed by atoms with Crippen LogP contribution < -0.4 is 0 Å². The number of hydrogen-bond acceptors (Lipinski definition) is 3. The van der Waals surface area contributed by atoms with Gasteiger partial charge in [0.2, 0.25) is 0 Å². The van der Waals surface area contributed by atoms with E-state index in [2.05, 4.69) is 19.1 Å². The van der Waals surface area contributed by atoms with Crippen molar-refractivity contribution in [1.29, 1.82) is 0 Å². The summed E-state index contributed by atoms with van der Waals surface area (Å²) in [5, 5.41) is 27.3. The molecular weight excluding hydrogens is 506 g/mol. The van der Waals surface area contributed by atoms with Crippen LogP contribution >= 0.6 is 0 Å². The van der Waals surface area contributed by atoms with Crippen molar-refractivity contribution in [1.82, 2.24) is 0 Å². The average molecular weight is 569 g/mol. The van der Waals surface area contributed by atoms with Crippen LogP contribution in [0, 0.1) is 0 Å². The van der Waals surface area contributed by atoms with Gasteiger partial charge in [0, 0.05) is 19.3 Å². The normalized spacial score (nSPS) is 11.8. The Balaban J connectivity index is 4.17. The largest absolute Gasteiger partial charge is 0.481 e. The summed E-state index contributed by atoms with van der Waals surface area (Å²) in [6.07, 6.45) is 28.3. The molecule has 0 aliphatic rings. The lowest BCUT2D eigenvalue weighted by Gasteiger charge is -2.39. The van der Waals surface area contributed by atoms with Crippen LogP contribution in [-0.4, -0.2) is 63.9 Å². The van der Waals surface area contributed by atoms with E-state index < -0.39 is 17.9 Å². The second kappa shape index (κ2) is 27.3. The summed E-state index contributed by atoms with van der Waals surface area (Å²) >= 11 is 0. The zero-order chi connectivity index (χ0) is 29.7. The molecule has 0 saturated carbocycles. The molecule has 0 spiro atoms. The fourth-order valence-electron chi connectivity index (χ4n) is 5.59. The number of carbonyl (C=O) groups is 3. The lowest BCUT2D eigenvalue weighted by Crippen LogP contribution is -2.51. The SMILES string of the molecule is CCCCCCCCCCCC/C=C\CCCCCCC[N+](CCCC(=O)O)(CCCC(=O)O)CCCC(=O)O. The quantitative estimate of drug-likeness (QED) is 0.0438. The van der Waals surface area contributed by atoms with Gasteiger partial charge in [-0.2, -0.15) is 0 Å². The number of aliphatic carboxylic acids is 3. The maximum atomic E-state index is 11.1. The van der Waals surface area contributed by atoms with Crippen molar-refractivity contribution in [2.75, 3.05) is 26.2 Å². The molecule has 0 unspecified atom stereocenters. The number of hydrogen-bond donors (Lipinski definition) is 3. The summed E-state index contributed by atoms with van der Waals surface area (Å²) in [6, 6.07) is 0. The minimum atomic E-state index is -0.827. The molecule has 7 nitrogen and oxygen atoms in total. The molecule has 3 N–H and O–H groups in total. The van der Waals surface area contributed by atoms with Gasteiger partial charge in [0.15, 0.2) is 0 Å². The summed E-state index contributed by atoms with van der Waals surface area (Å²) in [5.41, 5.74) is 0. The molecule has 0 atom stereocenters. The Morgan fingerprint density at radius 2 is 0.750 bits per heavy atom. The van der Waals surface area contributed by atoms with Gasteiger partial charge in [0.25, 0.3) is 0 Å². The van der Waals surface area contributed by atoms with E-state index in [0.29, 0.717) is 43.4 Å². The highest BCUT2D eigenvalue weighted by molar-refractivity contribution is 5.67. The number of carboxylic acid groups (broad SMARTS) is 3. The third kappa shape index (κ3) is 26.3. The van der Waals surface area contributed by atoms with E-state index in [9.17, 15) is 14.4 Å². The van der Waals surface area contributed by atoms with Crippen LogP contribution in [0.25, 0.3) is 0 Å². The van der Waals surface area contributed by atoms with Crippen LogP contribution in [-0.2, 0) is 14.4 Å². The maximum Gasteiger partial charge on any atom is 0.303 e. The van der Waals surface area contributed by atoms with Gasteiger partial charge in [-0.15, -0.1) is 0 Å². The summed E-state index contributed by atoms with van der Waals surface area (Å²) in [4.78, 5) is 33.2. The molecule has 0 fully saturated rings. The molecule has 0 aliphatic heterocycles. The first-order valence-corrected chi connectivity index (χ1v) is 16.5. The molecule has 0 heterocycles. The molecule has 0 aromatic carbocycles. The fourth-order valence-corrected chi connectivity index (χ4v) is 5.59. The number of nitrogens with zero attached hydrogens (tertiary/aromatic N) is 1. The molecule has 7 heteroatoms. The standard InChI is InChI=1S/C33H61NO6/c1-2-3-4-5-6-7-8-9-10-11-12-13-14-15-16-17-18-19-20-27-34(28-21-24-31(35)36,29-22-25-32(37)38)30-23-26-33(39)40/h13-14H,2-12,15-30H2,1H3,(H2-,35,36,37,38,39,40)/p+1/b14-13-. The van der Waals surface area contributed by atoms with E-state index in [1.165, 1.54) is 83.5 Å². The zero-order valence-corrected chi connectivity index (χ0v) is 25.8. The van der Waals surface area contributed by atoms with Gasteiger partial charge < -0.3 is 19.8 Å². The summed E-state index contributed by atoms with van der Waals surface area (Å²) in [5.74, 6) is -2.48. The number of quaternary nitrogens is 1. The van der Waals surface area contributed by atoms with Crippen molar-refractivity contribution in [3.63, 3.8) is 0 Å². The zero-order valence-electron chi connectivity index (χ0n) is 25.8. The minimum Gasteiger partial charge on any atom is -0.481 e. The Kier molecular flexibility index (Phi) is 26.0. The van der Waals surface area contributed by atoms with E-state index in [-0.39, 0.29) is 19.3 Å². The van der Waals surface area contributed by atoms with E-state index in [1.807, 2.05) is 0 Å². The van der Waals surface area contributed by atoms with Gasteiger partial charge in [0.1, 0.15) is 0 Å². The minimum absolute atomic E-state index is 0.0879. The van der Waals surface area contributed by atoms with Gasteiger partial charge in [-0.3, -0.25) is 14.4 Å². The Labute approximate surface area is 245 Å². The molecule has 0 amide bonds. The topological polar surface area (TPSA) is 112 Å². The molecule has 0 saturated heterocycles. The Hall–Kier alpha value is -1.89. The van der Waals surface area contributed by atoms with Crippen LogP contribution in [0.15, 0.2) is 12.2 Å². The van der Waals surface area contributed by atoms with E-state index in [4.69, 9.17) is 15.3 Å². The third-order valence-electron chi connectivity index (χ3n) is 7.96. The Morgan fingerprint density at radius 1 is 0.450 bits per heavy atom. The van der Waals surface area contributed by atoms with Crippen LogP contribution in [0.1, 0.15) is 155 Å². The highest BCUT2D eigenvalue weighted by Crippen LogP contribution is 2.18. The monoisotopic (exact) mass is 568 g/mol. The molecule has 0 aromatic rings. The number of carboxylic acids is 3. The van der Waals surface area contributed by atoms with E-state index in [1.54, 1.807) is 0 Å². The predicted octanol–water partition coefficient (Wildman–Crippen LogP) is 8.61. The van der Waals surface area contributed by atoms with E-state index in [0.717, 1.165) is 32.2 Å². The maximum absolute atomic E-state index is 11.1. The van der Waals surface area contributed by atoms with Gasteiger partial charge in [-0.05, 0) is 38.5 Å². The van der Waals surface area contributed by atoms with Crippen LogP contribution in [0.4, 0.5) is 0 Å². The highest BCUT2D eigenvalue weighted by atomic mass is 16.4. The average Bonchev–Trinajstić information content (AvgIpc) is 2.89. The molecule has 0 radical (unpaired) electrons. The van der Waals surface area contributed by atoms with Crippen molar-refractivity contribution < 1.29 is 34.2 Å². The molecule has 0 rings (SSSR count).